The summed E-state index contributed by atoms with van der Waals surface area (Å²) < 4.78 is 37.3. The molecule has 1 saturated carbocycles. The van der Waals surface area contributed by atoms with Crippen LogP contribution in [0, 0.1) is 11.3 Å². The summed E-state index contributed by atoms with van der Waals surface area (Å²) in [6.45, 7) is -1.27. The lowest BCUT2D eigenvalue weighted by Crippen LogP contribution is -2.40. The van der Waals surface area contributed by atoms with Crippen LogP contribution in [0.25, 0.3) is 0 Å². The second-order valence-corrected chi connectivity index (χ2v) is 4.32. The lowest BCUT2D eigenvalue weighted by Gasteiger charge is -2.23. The van der Waals surface area contributed by atoms with Gasteiger partial charge in [-0.1, -0.05) is 0 Å². The third-order valence-corrected chi connectivity index (χ3v) is 2.71. The highest BCUT2D eigenvalue weighted by Crippen LogP contribution is 2.31. The van der Waals surface area contributed by atoms with Crippen molar-refractivity contribution in [3.8, 4) is 6.07 Å². The van der Waals surface area contributed by atoms with Gasteiger partial charge in [0, 0.05) is 12.2 Å². The maximum atomic E-state index is 12.4. The van der Waals surface area contributed by atoms with Crippen LogP contribution >= 0.6 is 0 Å². The SMILES string of the molecule is N#Cc1ccc(C(=O)N(CC(F)(F)F)C2CC2)nc1. The molecule has 100 valence electrons. The molecule has 0 spiro atoms. The van der Waals surface area contributed by atoms with Crippen molar-refractivity contribution in [3.05, 3.63) is 29.6 Å². The van der Waals surface area contributed by atoms with Crippen LogP contribution in [0.5, 0.6) is 0 Å². The fourth-order valence-corrected chi connectivity index (χ4v) is 1.68. The molecule has 1 aromatic heterocycles. The number of hydrogen-bond acceptors (Lipinski definition) is 3. The van der Waals surface area contributed by atoms with Crippen LogP contribution in [0.15, 0.2) is 18.3 Å². The Kier molecular flexibility index (Phi) is 3.42. The molecule has 2 rings (SSSR count). The monoisotopic (exact) mass is 269 g/mol. The maximum Gasteiger partial charge on any atom is 0.406 e. The maximum absolute atomic E-state index is 12.4. The van der Waals surface area contributed by atoms with Gasteiger partial charge < -0.3 is 4.90 Å². The van der Waals surface area contributed by atoms with E-state index in [2.05, 4.69) is 4.98 Å². The fourth-order valence-electron chi connectivity index (χ4n) is 1.68. The third kappa shape index (κ3) is 3.44. The van der Waals surface area contributed by atoms with Crippen molar-refractivity contribution in [2.24, 2.45) is 0 Å². The molecule has 0 saturated heterocycles. The van der Waals surface area contributed by atoms with E-state index < -0.39 is 18.6 Å². The molecule has 1 aliphatic carbocycles. The minimum absolute atomic E-state index is 0.0739. The number of amides is 1. The van der Waals surface area contributed by atoms with Crippen molar-refractivity contribution in [2.45, 2.75) is 25.1 Å². The number of nitriles is 1. The van der Waals surface area contributed by atoms with Crippen molar-refractivity contribution >= 4 is 5.91 Å². The number of pyridine rings is 1. The van der Waals surface area contributed by atoms with E-state index in [-0.39, 0.29) is 17.3 Å². The molecule has 1 fully saturated rings. The van der Waals surface area contributed by atoms with Crippen LogP contribution in [-0.2, 0) is 0 Å². The van der Waals surface area contributed by atoms with Crippen LogP contribution in [0.1, 0.15) is 28.9 Å². The van der Waals surface area contributed by atoms with E-state index in [9.17, 15) is 18.0 Å². The van der Waals surface area contributed by atoms with Gasteiger partial charge in [0.2, 0.25) is 0 Å². The van der Waals surface area contributed by atoms with Crippen molar-refractivity contribution in [1.29, 1.82) is 5.26 Å². The molecule has 19 heavy (non-hydrogen) atoms. The summed E-state index contributed by atoms with van der Waals surface area (Å²) in [6, 6.07) is 4.10. The van der Waals surface area contributed by atoms with Crippen molar-refractivity contribution in [2.75, 3.05) is 6.54 Å². The Morgan fingerprint density at radius 1 is 1.47 bits per heavy atom. The first-order chi connectivity index (χ1) is 8.90. The summed E-state index contributed by atoms with van der Waals surface area (Å²) >= 11 is 0. The normalized spacial score (nSPS) is 14.8. The van der Waals surface area contributed by atoms with Crippen LogP contribution in [-0.4, -0.2) is 34.6 Å². The molecule has 0 atom stereocenters. The van der Waals surface area contributed by atoms with Gasteiger partial charge in [-0.2, -0.15) is 18.4 Å². The number of halogens is 3. The van der Waals surface area contributed by atoms with E-state index in [0.717, 1.165) is 4.90 Å². The van der Waals surface area contributed by atoms with Gasteiger partial charge in [-0.05, 0) is 25.0 Å². The Bertz CT molecular complexity index is 515. The summed E-state index contributed by atoms with van der Waals surface area (Å²) in [5.74, 6) is -0.746. The zero-order valence-corrected chi connectivity index (χ0v) is 9.81. The van der Waals surface area contributed by atoms with Crippen molar-refractivity contribution in [1.82, 2.24) is 9.88 Å². The predicted octanol–water partition coefficient (Wildman–Crippen LogP) is 2.12. The molecule has 0 aliphatic heterocycles. The summed E-state index contributed by atoms with van der Waals surface area (Å²) in [6.07, 6.45) is -2.09. The molecule has 0 N–H and O–H groups in total. The van der Waals surface area contributed by atoms with E-state index >= 15 is 0 Å². The predicted molar refractivity (Wildman–Crippen MR) is 59.1 cm³/mol. The topological polar surface area (TPSA) is 57.0 Å². The highest BCUT2D eigenvalue weighted by atomic mass is 19.4. The van der Waals surface area contributed by atoms with Gasteiger partial charge in [0.25, 0.3) is 5.91 Å². The minimum atomic E-state index is -4.43. The van der Waals surface area contributed by atoms with Gasteiger partial charge in [0.1, 0.15) is 18.3 Å². The van der Waals surface area contributed by atoms with Gasteiger partial charge in [-0.25, -0.2) is 4.98 Å². The first kappa shape index (κ1) is 13.3. The van der Waals surface area contributed by atoms with E-state index in [1.54, 1.807) is 0 Å². The molecule has 1 heterocycles. The number of aromatic nitrogens is 1. The standard InChI is InChI=1S/C12H10F3N3O/c13-12(14,15)7-18(9-2-3-9)11(19)10-4-1-8(5-16)6-17-10/h1,4,6,9H,2-3,7H2. The Hall–Kier alpha value is -2.10. The average molecular weight is 269 g/mol. The number of alkyl halides is 3. The number of carbonyl (C=O) groups excluding carboxylic acids is 1. The third-order valence-electron chi connectivity index (χ3n) is 2.71. The van der Waals surface area contributed by atoms with Crippen LogP contribution in [0.4, 0.5) is 13.2 Å². The number of carbonyl (C=O) groups is 1. The van der Waals surface area contributed by atoms with Gasteiger partial charge in [-0.3, -0.25) is 4.79 Å². The Labute approximate surface area is 107 Å². The minimum Gasteiger partial charge on any atom is -0.325 e. The molecule has 1 aromatic rings. The van der Waals surface area contributed by atoms with E-state index in [0.29, 0.717) is 12.8 Å². The van der Waals surface area contributed by atoms with Gasteiger partial charge in [-0.15, -0.1) is 0 Å². The van der Waals surface area contributed by atoms with E-state index in [1.807, 2.05) is 6.07 Å². The fraction of sp³-hybridized carbons (Fsp3) is 0.417. The molecule has 0 aromatic carbocycles. The largest absolute Gasteiger partial charge is 0.406 e. The summed E-state index contributed by atoms with van der Waals surface area (Å²) in [4.78, 5) is 16.5. The van der Waals surface area contributed by atoms with Gasteiger partial charge in [0.15, 0.2) is 0 Å². The lowest BCUT2D eigenvalue weighted by atomic mass is 10.2. The number of hydrogen-bond donors (Lipinski definition) is 0. The zero-order chi connectivity index (χ0) is 14.0. The molecule has 7 heteroatoms. The van der Waals surface area contributed by atoms with Gasteiger partial charge in [0.05, 0.1) is 5.56 Å². The molecule has 0 bridgehead atoms. The second-order valence-electron chi connectivity index (χ2n) is 4.32. The molecule has 0 radical (unpaired) electrons. The summed E-state index contributed by atoms with van der Waals surface area (Å²) in [5.41, 5.74) is 0.181. The quantitative estimate of drug-likeness (QED) is 0.844. The Morgan fingerprint density at radius 3 is 2.58 bits per heavy atom. The van der Waals surface area contributed by atoms with Crippen molar-refractivity contribution < 1.29 is 18.0 Å². The Morgan fingerprint density at radius 2 is 2.16 bits per heavy atom. The molecular weight excluding hydrogens is 259 g/mol. The average Bonchev–Trinajstić information content (AvgIpc) is 3.18. The molecule has 4 nitrogen and oxygen atoms in total. The Balaban J connectivity index is 2.17. The second kappa shape index (κ2) is 4.88. The highest BCUT2D eigenvalue weighted by molar-refractivity contribution is 5.92. The van der Waals surface area contributed by atoms with Crippen molar-refractivity contribution in [3.63, 3.8) is 0 Å². The molecule has 0 unspecified atom stereocenters. The molecule has 1 aliphatic rings. The summed E-state index contributed by atoms with van der Waals surface area (Å²) in [7, 11) is 0. The van der Waals surface area contributed by atoms with Crippen LogP contribution in [0.3, 0.4) is 0 Å². The number of rotatable bonds is 3. The van der Waals surface area contributed by atoms with Crippen LogP contribution < -0.4 is 0 Å². The molecular formula is C12H10F3N3O. The highest BCUT2D eigenvalue weighted by Gasteiger charge is 2.41. The first-order valence-electron chi connectivity index (χ1n) is 5.64. The van der Waals surface area contributed by atoms with Crippen LogP contribution in [0.2, 0.25) is 0 Å². The summed E-state index contributed by atoms with van der Waals surface area (Å²) in [5, 5.41) is 8.59. The van der Waals surface area contributed by atoms with Gasteiger partial charge >= 0.3 is 6.18 Å². The zero-order valence-electron chi connectivity index (χ0n) is 9.81. The molecule has 1 amide bonds. The first-order valence-corrected chi connectivity index (χ1v) is 5.64. The van der Waals surface area contributed by atoms with E-state index in [4.69, 9.17) is 5.26 Å². The smallest absolute Gasteiger partial charge is 0.325 e. The number of nitrogens with zero attached hydrogens (tertiary/aromatic N) is 3. The lowest BCUT2D eigenvalue weighted by molar-refractivity contribution is -0.141. The van der Waals surface area contributed by atoms with E-state index in [1.165, 1.54) is 18.3 Å².